The first kappa shape index (κ1) is 24.0. The number of allylic oxidation sites excluding steroid dienone is 2. The third kappa shape index (κ3) is 8.10. The maximum atomic E-state index is 13.1. The minimum absolute atomic E-state index is 0.290. The van der Waals surface area contributed by atoms with E-state index in [1.807, 2.05) is 0 Å². The van der Waals surface area contributed by atoms with E-state index in [0.29, 0.717) is 5.92 Å². The molecule has 0 spiro atoms. The number of benzene rings is 1. The number of nitriles is 1. The number of halogens is 1. The number of rotatable bonds is 10. The zero-order valence-corrected chi connectivity index (χ0v) is 19.6. The van der Waals surface area contributed by atoms with Gasteiger partial charge in [0.1, 0.15) is 6.07 Å². The van der Waals surface area contributed by atoms with Gasteiger partial charge in [-0.2, -0.15) is 9.65 Å². The summed E-state index contributed by atoms with van der Waals surface area (Å²) >= 11 is 0. The molecule has 0 atom stereocenters. The van der Waals surface area contributed by atoms with Crippen molar-refractivity contribution in [2.45, 2.75) is 109 Å². The van der Waals surface area contributed by atoms with Gasteiger partial charge in [-0.15, -0.1) is 0 Å². The molecule has 1 aromatic rings. The van der Waals surface area contributed by atoms with Crippen LogP contribution in [0.2, 0.25) is 0 Å². The summed E-state index contributed by atoms with van der Waals surface area (Å²) in [5.41, 5.74) is 3.07. The molecule has 0 unspecified atom stereocenters. The highest BCUT2D eigenvalue weighted by Crippen LogP contribution is 2.38. The number of hydrogen-bond donors (Lipinski definition) is 0. The van der Waals surface area contributed by atoms with Crippen molar-refractivity contribution in [3.63, 3.8) is 0 Å². The second-order valence-electron chi connectivity index (χ2n) is 10.3. The lowest BCUT2D eigenvalue weighted by Gasteiger charge is -2.29. The van der Waals surface area contributed by atoms with Crippen LogP contribution in [0.15, 0.2) is 36.2 Å². The molecule has 0 saturated heterocycles. The largest absolute Gasteiger partial charge is 0.196 e. The van der Waals surface area contributed by atoms with Crippen molar-refractivity contribution in [3.05, 3.63) is 47.3 Å². The van der Waals surface area contributed by atoms with E-state index in [0.717, 1.165) is 30.6 Å². The smallest absolute Gasteiger partial charge is 0.195 e. The summed E-state index contributed by atoms with van der Waals surface area (Å²) in [6, 6.07) is 11.1. The topological polar surface area (TPSA) is 23.8 Å². The summed E-state index contributed by atoms with van der Waals surface area (Å²) in [6.07, 6.45) is 20.9. The van der Waals surface area contributed by atoms with Crippen molar-refractivity contribution in [1.82, 2.24) is 0 Å². The molecule has 2 aliphatic carbocycles. The van der Waals surface area contributed by atoms with Gasteiger partial charge in [-0.25, -0.2) is 0 Å². The lowest BCUT2D eigenvalue weighted by atomic mass is 9.76. The van der Waals surface area contributed by atoms with Gasteiger partial charge in [-0.05, 0) is 105 Å². The summed E-state index contributed by atoms with van der Waals surface area (Å²) in [5.74, 6) is 2.24. The van der Waals surface area contributed by atoms with Gasteiger partial charge in [0, 0.05) is 0 Å². The van der Waals surface area contributed by atoms with E-state index in [-0.39, 0.29) is 0 Å². The van der Waals surface area contributed by atoms with E-state index in [4.69, 9.17) is 5.26 Å². The average Bonchev–Trinajstić information content (AvgIpc) is 2.82. The van der Waals surface area contributed by atoms with E-state index in [1.54, 1.807) is 17.7 Å². The zero-order chi connectivity index (χ0) is 21.9. The molecular formula is C29H42FN. The normalized spacial score (nSPS) is 27.1. The molecule has 0 amide bonds. The van der Waals surface area contributed by atoms with Crippen LogP contribution in [0.3, 0.4) is 0 Å². The molecule has 0 radical (unpaired) electrons. The molecule has 0 aliphatic heterocycles. The van der Waals surface area contributed by atoms with Crippen molar-refractivity contribution in [2.24, 2.45) is 17.8 Å². The highest BCUT2D eigenvalue weighted by molar-refractivity contribution is 5.26. The van der Waals surface area contributed by atoms with Gasteiger partial charge in [-0.1, -0.05) is 63.3 Å². The summed E-state index contributed by atoms with van der Waals surface area (Å²) in [4.78, 5) is 0. The number of hydrogen-bond acceptors (Lipinski definition) is 1. The maximum Gasteiger partial charge on any atom is 0.196 e. The molecule has 0 N–H and O–H groups in total. The second-order valence-corrected chi connectivity index (χ2v) is 10.3. The SMILES string of the molecule is CCCCc1ccc([C@H]2CC[C@H](CCCC[C@H]3CC[C@H](/C=C(/F)C#N)CC3)CC2)cc1. The zero-order valence-electron chi connectivity index (χ0n) is 19.6. The fourth-order valence-corrected chi connectivity index (χ4v) is 5.88. The van der Waals surface area contributed by atoms with Gasteiger partial charge in [0.15, 0.2) is 5.83 Å². The average molecular weight is 424 g/mol. The van der Waals surface area contributed by atoms with Gasteiger partial charge < -0.3 is 0 Å². The Kier molecular flexibility index (Phi) is 10.1. The van der Waals surface area contributed by atoms with Crippen LogP contribution in [0.5, 0.6) is 0 Å². The fourth-order valence-electron chi connectivity index (χ4n) is 5.88. The minimum atomic E-state index is -0.595. The first-order chi connectivity index (χ1) is 15.2. The highest BCUT2D eigenvalue weighted by atomic mass is 19.1. The third-order valence-electron chi connectivity index (χ3n) is 7.97. The van der Waals surface area contributed by atoms with E-state index in [2.05, 4.69) is 31.2 Å². The standard InChI is InChI=1S/C29H42FN/c1-2-3-6-23-13-17-27(18-14-23)28-19-15-25(16-20-28)8-5-4-7-24-9-11-26(12-10-24)21-29(30)22-31/h13-14,17-18,21,24-26,28H,2-12,15-16,19-20H2,1H3/b29-21+/t24-,25-,26-,28-. The monoisotopic (exact) mass is 423 g/mol. The lowest BCUT2D eigenvalue weighted by molar-refractivity contribution is 0.272. The molecule has 1 nitrogen and oxygen atoms in total. The molecule has 170 valence electrons. The number of nitrogens with zero attached hydrogens (tertiary/aromatic N) is 1. The van der Waals surface area contributed by atoms with Crippen LogP contribution in [0.4, 0.5) is 4.39 Å². The Morgan fingerprint density at radius 3 is 2.03 bits per heavy atom. The molecule has 0 aromatic heterocycles. The Labute approximate surface area is 190 Å². The van der Waals surface area contributed by atoms with Crippen LogP contribution in [0.25, 0.3) is 0 Å². The van der Waals surface area contributed by atoms with E-state index in [1.165, 1.54) is 89.0 Å². The van der Waals surface area contributed by atoms with Crippen molar-refractivity contribution in [1.29, 1.82) is 5.26 Å². The summed E-state index contributed by atoms with van der Waals surface area (Å²) < 4.78 is 13.1. The van der Waals surface area contributed by atoms with Crippen molar-refractivity contribution >= 4 is 0 Å². The summed E-state index contributed by atoms with van der Waals surface area (Å²) in [7, 11) is 0. The number of aryl methyl sites for hydroxylation is 1. The quantitative estimate of drug-likeness (QED) is 0.272. The predicted octanol–water partition coefficient (Wildman–Crippen LogP) is 9.05. The van der Waals surface area contributed by atoms with Crippen molar-refractivity contribution < 1.29 is 4.39 Å². The molecule has 0 bridgehead atoms. The second kappa shape index (κ2) is 13.0. The molecule has 31 heavy (non-hydrogen) atoms. The molecule has 2 saturated carbocycles. The van der Waals surface area contributed by atoms with E-state index >= 15 is 0 Å². The van der Waals surface area contributed by atoms with Crippen LogP contribution in [0, 0.1) is 29.1 Å². The van der Waals surface area contributed by atoms with Crippen LogP contribution in [-0.4, -0.2) is 0 Å². The first-order valence-corrected chi connectivity index (χ1v) is 13.0. The minimum Gasteiger partial charge on any atom is -0.195 e. The molecule has 2 aliphatic rings. The van der Waals surface area contributed by atoms with Crippen molar-refractivity contribution in [2.75, 3.05) is 0 Å². The maximum absolute atomic E-state index is 13.1. The highest BCUT2D eigenvalue weighted by Gasteiger charge is 2.23. The molecule has 1 aromatic carbocycles. The van der Waals surface area contributed by atoms with E-state index < -0.39 is 5.83 Å². The number of unbranched alkanes of at least 4 members (excludes halogenated alkanes) is 2. The predicted molar refractivity (Wildman–Crippen MR) is 128 cm³/mol. The summed E-state index contributed by atoms with van der Waals surface area (Å²) in [6.45, 7) is 2.26. The van der Waals surface area contributed by atoms with Gasteiger partial charge in [0.25, 0.3) is 0 Å². The Balaban J connectivity index is 1.27. The fraction of sp³-hybridized carbons (Fsp3) is 0.690. The Hall–Kier alpha value is -1.62. The van der Waals surface area contributed by atoms with Crippen LogP contribution < -0.4 is 0 Å². The van der Waals surface area contributed by atoms with Gasteiger partial charge in [0.05, 0.1) is 0 Å². The Morgan fingerprint density at radius 2 is 1.48 bits per heavy atom. The molecule has 2 heteroatoms. The van der Waals surface area contributed by atoms with E-state index in [9.17, 15) is 4.39 Å². The molecular weight excluding hydrogens is 381 g/mol. The lowest BCUT2D eigenvalue weighted by Crippen LogP contribution is -2.14. The molecule has 2 fully saturated rings. The van der Waals surface area contributed by atoms with Crippen LogP contribution in [0.1, 0.15) is 114 Å². The van der Waals surface area contributed by atoms with Gasteiger partial charge in [-0.3, -0.25) is 0 Å². The summed E-state index contributed by atoms with van der Waals surface area (Å²) in [5, 5.41) is 8.58. The van der Waals surface area contributed by atoms with Crippen LogP contribution in [-0.2, 0) is 6.42 Å². The first-order valence-electron chi connectivity index (χ1n) is 13.0. The molecule has 0 heterocycles. The third-order valence-corrected chi connectivity index (χ3v) is 7.97. The van der Waals surface area contributed by atoms with Crippen molar-refractivity contribution in [3.8, 4) is 6.07 Å². The van der Waals surface area contributed by atoms with Crippen LogP contribution >= 0.6 is 0 Å². The Bertz CT molecular complexity index is 697. The Morgan fingerprint density at radius 1 is 0.903 bits per heavy atom. The molecule has 3 rings (SSSR count). The van der Waals surface area contributed by atoms with Gasteiger partial charge >= 0.3 is 0 Å². The van der Waals surface area contributed by atoms with Gasteiger partial charge in [0.2, 0.25) is 0 Å².